The van der Waals surface area contributed by atoms with E-state index in [1.54, 1.807) is 0 Å². The van der Waals surface area contributed by atoms with Gasteiger partial charge in [0.2, 0.25) is 0 Å². The summed E-state index contributed by atoms with van der Waals surface area (Å²) in [5.74, 6) is 3.46. The highest BCUT2D eigenvalue weighted by atomic mass is 16.3. The molecule has 0 spiro atoms. The van der Waals surface area contributed by atoms with E-state index in [4.69, 9.17) is 10.2 Å². The number of nitrogens with two attached hydrogens (primary N) is 1. The van der Waals surface area contributed by atoms with Crippen molar-refractivity contribution in [3.05, 3.63) is 54.0 Å². The average molecular weight is 270 g/mol. The zero-order chi connectivity index (χ0) is 14.1. The van der Waals surface area contributed by atoms with Gasteiger partial charge in [0, 0.05) is 25.2 Å². The zero-order valence-corrected chi connectivity index (χ0v) is 12.1. The van der Waals surface area contributed by atoms with Crippen LogP contribution in [0.4, 0.5) is 5.69 Å². The Morgan fingerprint density at radius 3 is 2.55 bits per heavy atom. The molecular weight excluding hydrogens is 248 g/mol. The molecule has 106 valence electrons. The summed E-state index contributed by atoms with van der Waals surface area (Å²) >= 11 is 0. The van der Waals surface area contributed by atoms with Crippen molar-refractivity contribution >= 4 is 5.69 Å². The van der Waals surface area contributed by atoms with Gasteiger partial charge in [0.05, 0.1) is 6.04 Å². The molecule has 0 saturated heterocycles. The lowest BCUT2D eigenvalue weighted by molar-refractivity contribution is 0.426. The predicted molar refractivity (Wildman–Crippen MR) is 81.9 cm³/mol. The quantitative estimate of drug-likeness (QED) is 0.903. The first kappa shape index (κ1) is 13.3. The molecule has 1 aliphatic carbocycles. The highest BCUT2D eigenvalue weighted by molar-refractivity contribution is 5.47. The van der Waals surface area contributed by atoms with Crippen molar-refractivity contribution in [3.63, 3.8) is 0 Å². The van der Waals surface area contributed by atoms with Crippen LogP contribution in [-0.2, 0) is 0 Å². The highest BCUT2D eigenvalue weighted by Crippen LogP contribution is 2.47. The molecule has 2 aromatic rings. The van der Waals surface area contributed by atoms with Crippen molar-refractivity contribution in [3.8, 4) is 0 Å². The summed E-state index contributed by atoms with van der Waals surface area (Å²) in [7, 11) is 2.06. The number of hydrogen-bond acceptors (Lipinski definition) is 3. The van der Waals surface area contributed by atoms with Gasteiger partial charge in [0.15, 0.2) is 0 Å². The third-order valence-electron chi connectivity index (χ3n) is 4.31. The first-order valence-electron chi connectivity index (χ1n) is 7.28. The van der Waals surface area contributed by atoms with Gasteiger partial charge in [-0.3, -0.25) is 0 Å². The summed E-state index contributed by atoms with van der Waals surface area (Å²) in [6, 6.07) is 14.6. The van der Waals surface area contributed by atoms with Gasteiger partial charge in [-0.2, -0.15) is 0 Å². The van der Waals surface area contributed by atoms with Crippen LogP contribution >= 0.6 is 0 Å². The Kier molecular flexibility index (Phi) is 3.53. The summed E-state index contributed by atoms with van der Waals surface area (Å²) in [5, 5.41) is 0. The Hall–Kier alpha value is -1.74. The van der Waals surface area contributed by atoms with E-state index in [2.05, 4.69) is 43.1 Å². The lowest BCUT2D eigenvalue weighted by Crippen LogP contribution is -2.30. The molecule has 3 rings (SSSR count). The smallest absolute Gasteiger partial charge is 0.127 e. The number of para-hydroxylation sites is 1. The second-order valence-electron chi connectivity index (χ2n) is 5.76. The highest BCUT2D eigenvalue weighted by Gasteiger charge is 2.37. The molecule has 1 saturated carbocycles. The standard InChI is InChI=1S/C17H22N2O/c1-12-10-14(12)16-8-9-17(20-16)15(11-18)19(2)13-6-4-3-5-7-13/h3-9,12,14-15H,10-11,18H2,1-2H3. The first-order chi connectivity index (χ1) is 9.70. The molecule has 0 bridgehead atoms. The molecule has 1 heterocycles. The van der Waals surface area contributed by atoms with Gasteiger partial charge >= 0.3 is 0 Å². The molecule has 1 aliphatic rings. The molecule has 2 N–H and O–H groups in total. The molecule has 3 unspecified atom stereocenters. The lowest BCUT2D eigenvalue weighted by atomic mass is 10.1. The molecule has 3 heteroatoms. The molecule has 1 aromatic carbocycles. The van der Waals surface area contributed by atoms with Crippen molar-refractivity contribution in [1.82, 2.24) is 0 Å². The Bertz CT molecular complexity index is 563. The SMILES string of the molecule is CC1CC1c1ccc(C(CN)N(C)c2ccccc2)o1. The number of furan rings is 1. The predicted octanol–water partition coefficient (Wildman–Crippen LogP) is 3.54. The van der Waals surface area contributed by atoms with Crippen LogP contribution in [0.15, 0.2) is 46.9 Å². The number of benzene rings is 1. The van der Waals surface area contributed by atoms with Gasteiger partial charge in [0.1, 0.15) is 11.5 Å². The van der Waals surface area contributed by atoms with Crippen molar-refractivity contribution in [2.24, 2.45) is 11.7 Å². The minimum Gasteiger partial charge on any atom is -0.464 e. The van der Waals surface area contributed by atoms with E-state index in [9.17, 15) is 0 Å². The number of likely N-dealkylation sites (N-methyl/N-ethyl adjacent to an activating group) is 1. The molecule has 0 radical (unpaired) electrons. The Morgan fingerprint density at radius 1 is 1.25 bits per heavy atom. The first-order valence-corrected chi connectivity index (χ1v) is 7.28. The van der Waals surface area contributed by atoms with E-state index in [1.165, 1.54) is 6.42 Å². The molecule has 1 aromatic heterocycles. The average Bonchev–Trinajstić information content (AvgIpc) is 3.02. The fraction of sp³-hybridized carbons (Fsp3) is 0.412. The fourth-order valence-electron chi connectivity index (χ4n) is 2.77. The summed E-state index contributed by atoms with van der Waals surface area (Å²) in [6.45, 7) is 2.81. The Morgan fingerprint density at radius 2 is 1.95 bits per heavy atom. The number of anilines is 1. The minimum atomic E-state index is 0.0835. The Labute approximate surface area is 120 Å². The summed E-state index contributed by atoms with van der Waals surface area (Å²) in [6.07, 6.45) is 1.24. The van der Waals surface area contributed by atoms with E-state index < -0.39 is 0 Å². The summed E-state index contributed by atoms with van der Waals surface area (Å²) in [4.78, 5) is 2.18. The lowest BCUT2D eigenvalue weighted by Gasteiger charge is -2.27. The largest absolute Gasteiger partial charge is 0.464 e. The van der Waals surface area contributed by atoms with Crippen molar-refractivity contribution in [2.75, 3.05) is 18.5 Å². The topological polar surface area (TPSA) is 42.4 Å². The molecule has 1 fully saturated rings. The van der Waals surface area contributed by atoms with Crippen LogP contribution in [0, 0.1) is 5.92 Å². The second kappa shape index (κ2) is 5.33. The number of nitrogens with zero attached hydrogens (tertiary/aromatic N) is 1. The summed E-state index contributed by atoms with van der Waals surface area (Å²) in [5.41, 5.74) is 7.12. The van der Waals surface area contributed by atoms with E-state index in [0.717, 1.165) is 23.1 Å². The fourth-order valence-corrected chi connectivity index (χ4v) is 2.77. The van der Waals surface area contributed by atoms with Gasteiger partial charge in [0.25, 0.3) is 0 Å². The van der Waals surface area contributed by atoms with E-state index in [0.29, 0.717) is 12.5 Å². The number of hydrogen-bond donors (Lipinski definition) is 1. The van der Waals surface area contributed by atoms with Crippen LogP contribution in [0.1, 0.15) is 36.8 Å². The molecule has 20 heavy (non-hydrogen) atoms. The molecular formula is C17H22N2O. The van der Waals surface area contributed by atoms with Gasteiger partial charge in [-0.05, 0) is 36.6 Å². The molecule has 0 aliphatic heterocycles. The van der Waals surface area contributed by atoms with Gasteiger partial charge in [-0.1, -0.05) is 25.1 Å². The third-order valence-corrected chi connectivity index (χ3v) is 4.31. The monoisotopic (exact) mass is 270 g/mol. The minimum absolute atomic E-state index is 0.0835. The van der Waals surface area contributed by atoms with Crippen molar-refractivity contribution in [1.29, 1.82) is 0 Å². The van der Waals surface area contributed by atoms with Crippen molar-refractivity contribution < 1.29 is 4.42 Å². The third kappa shape index (κ3) is 2.46. The molecule has 3 atom stereocenters. The van der Waals surface area contributed by atoms with Crippen LogP contribution in [-0.4, -0.2) is 13.6 Å². The van der Waals surface area contributed by atoms with Crippen LogP contribution < -0.4 is 10.6 Å². The van der Waals surface area contributed by atoms with E-state index >= 15 is 0 Å². The van der Waals surface area contributed by atoms with Crippen LogP contribution in [0.3, 0.4) is 0 Å². The normalized spacial score (nSPS) is 22.6. The maximum Gasteiger partial charge on any atom is 0.127 e. The van der Waals surface area contributed by atoms with E-state index in [-0.39, 0.29) is 6.04 Å². The van der Waals surface area contributed by atoms with E-state index in [1.807, 2.05) is 18.2 Å². The maximum absolute atomic E-state index is 6.05. The maximum atomic E-state index is 6.05. The van der Waals surface area contributed by atoms with Crippen LogP contribution in [0.2, 0.25) is 0 Å². The zero-order valence-electron chi connectivity index (χ0n) is 12.1. The Balaban J connectivity index is 1.80. The van der Waals surface area contributed by atoms with Crippen LogP contribution in [0.5, 0.6) is 0 Å². The van der Waals surface area contributed by atoms with Gasteiger partial charge in [-0.15, -0.1) is 0 Å². The van der Waals surface area contributed by atoms with Gasteiger partial charge in [-0.25, -0.2) is 0 Å². The number of rotatable bonds is 5. The molecule has 3 nitrogen and oxygen atoms in total. The van der Waals surface area contributed by atoms with Crippen LogP contribution in [0.25, 0.3) is 0 Å². The van der Waals surface area contributed by atoms with Gasteiger partial charge < -0.3 is 15.1 Å². The molecule has 0 amide bonds. The van der Waals surface area contributed by atoms with Crippen molar-refractivity contribution in [2.45, 2.75) is 25.3 Å². The second-order valence-corrected chi connectivity index (χ2v) is 5.76. The summed E-state index contributed by atoms with van der Waals surface area (Å²) < 4.78 is 6.05.